The molecular formula is C24H21N5O3S. The molecule has 166 valence electrons. The summed E-state index contributed by atoms with van der Waals surface area (Å²) >= 11 is 1.08. The molecule has 0 spiro atoms. The number of hydrogen-bond acceptors (Lipinski definition) is 7. The molecule has 4 aromatic rings. The molecule has 0 saturated heterocycles. The maximum atomic E-state index is 10.9. The van der Waals surface area contributed by atoms with Crippen LogP contribution in [0.1, 0.15) is 25.5 Å². The van der Waals surface area contributed by atoms with E-state index in [4.69, 9.17) is 15.6 Å². The molecule has 0 atom stereocenters. The van der Waals surface area contributed by atoms with Crippen molar-refractivity contribution in [2.75, 3.05) is 11.5 Å². The fourth-order valence-electron chi connectivity index (χ4n) is 3.52. The van der Waals surface area contributed by atoms with Gasteiger partial charge in [-0.3, -0.25) is 4.79 Å². The fourth-order valence-corrected chi connectivity index (χ4v) is 4.26. The van der Waals surface area contributed by atoms with Gasteiger partial charge in [0.15, 0.2) is 0 Å². The van der Waals surface area contributed by atoms with Crippen LogP contribution in [-0.4, -0.2) is 31.4 Å². The van der Waals surface area contributed by atoms with Crippen LogP contribution in [0.2, 0.25) is 0 Å². The summed E-state index contributed by atoms with van der Waals surface area (Å²) in [5, 5.41) is 19.3. The fraction of sp³-hybridized carbons (Fsp3) is 0.167. The van der Waals surface area contributed by atoms with Gasteiger partial charge < -0.3 is 20.1 Å². The van der Waals surface area contributed by atoms with Gasteiger partial charge in [-0.2, -0.15) is 5.26 Å². The van der Waals surface area contributed by atoms with E-state index in [2.05, 4.69) is 34.5 Å². The number of ether oxygens (including phenoxy) is 1. The van der Waals surface area contributed by atoms with E-state index in [1.807, 2.05) is 30.5 Å². The number of rotatable bonds is 7. The standard InChI is InChI=1S/C24H21N5O3S/c1-14(2)29-11-18(22-23(26)27-13-28-24(22)29)15-6-8-16(9-7-15)32-19-4-3-5-20(17(19)10-25)33-12-21(30)31/h3-9,11,13-14H,12H2,1-2H3,(H,30,31)(H2,26,27,28). The summed E-state index contributed by atoms with van der Waals surface area (Å²) < 4.78 is 8.02. The summed E-state index contributed by atoms with van der Waals surface area (Å²) in [6.07, 6.45) is 3.49. The van der Waals surface area contributed by atoms with Crippen LogP contribution in [0, 0.1) is 11.3 Å². The zero-order valence-corrected chi connectivity index (χ0v) is 18.8. The molecule has 8 nitrogen and oxygen atoms in total. The number of fused-ring (bicyclic) bond motifs is 1. The molecule has 3 N–H and O–H groups in total. The lowest BCUT2D eigenvalue weighted by Crippen LogP contribution is -2.00. The number of aliphatic carboxylic acids is 1. The number of nitrogen functional groups attached to an aromatic ring is 1. The molecule has 0 amide bonds. The highest BCUT2D eigenvalue weighted by molar-refractivity contribution is 8.00. The Hall–Kier alpha value is -4.03. The Kier molecular flexibility index (Phi) is 6.20. The minimum atomic E-state index is -0.948. The van der Waals surface area contributed by atoms with Gasteiger partial charge in [-0.05, 0) is 43.7 Å². The molecule has 2 aromatic carbocycles. The lowest BCUT2D eigenvalue weighted by Gasteiger charge is -2.11. The van der Waals surface area contributed by atoms with Crippen LogP contribution < -0.4 is 10.5 Å². The molecular weight excluding hydrogens is 438 g/mol. The smallest absolute Gasteiger partial charge is 0.313 e. The van der Waals surface area contributed by atoms with Crippen molar-refractivity contribution in [2.45, 2.75) is 24.8 Å². The minimum absolute atomic E-state index is 0.135. The van der Waals surface area contributed by atoms with Crippen LogP contribution in [0.4, 0.5) is 5.82 Å². The van der Waals surface area contributed by atoms with Gasteiger partial charge in [0.1, 0.15) is 40.9 Å². The molecule has 2 aromatic heterocycles. The van der Waals surface area contributed by atoms with E-state index in [0.717, 1.165) is 33.9 Å². The molecule has 9 heteroatoms. The van der Waals surface area contributed by atoms with Gasteiger partial charge in [0.05, 0.1) is 11.1 Å². The number of hydrogen-bond donors (Lipinski definition) is 2. The molecule has 0 bridgehead atoms. The van der Waals surface area contributed by atoms with Gasteiger partial charge in [0.25, 0.3) is 0 Å². The third-order valence-electron chi connectivity index (χ3n) is 5.04. The van der Waals surface area contributed by atoms with Crippen LogP contribution in [0.15, 0.2) is 59.9 Å². The van der Waals surface area contributed by atoms with Crippen LogP contribution >= 0.6 is 11.8 Å². The topological polar surface area (TPSA) is 127 Å². The van der Waals surface area contributed by atoms with E-state index in [-0.39, 0.29) is 11.8 Å². The molecule has 0 fully saturated rings. The first-order valence-electron chi connectivity index (χ1n) is 10.2. The summed E-state index contributed by atoms with van der Waals surface area (Å²) in [5.74, 6) is 0.255. The number of nitriles is 1. The number of thioether (sulfide) groups is 1. The number of aromatic nitrogens is 3. The van der Waals surface area contributed by atoms with Gasteiger partial charge in [0, 0.05) is 22.7 Å². The zero-order valence-electron chi connectivity index (χ0n) is 18.0. The Morgan fingerprint density at radius 3 is 2.67 bits per heavy atom. The van der Waals surface area contributed by atoms with Crippen molar-refractivity contribution in [3.05, 3.63) is 60.6 Å². The Bertz CT molecular complexity index is 1370. The first-order chi connectivity index (χ1) is 15.9. The summed E-state index contributed by atoms with van der Waals surface area (Å²) in [7, 11) is 0. The third-order valence-corrected chi connectivity index (χ3v) is 6.08. The monoisotopic (exact) mass is 459 g/mol. The average Bonchev–Trinajstić information content (AvgIpc) is 3.19. The molecule has 0 aliphatic rings. The van der Waals surface area contributed by atoms with Crippen LogP contribution in [-0.2, 0) is 4.79 Å². The molecule has 0 unspecified atom stereocenters. The number of benzene rings is 2. The summed E-state index contributed by atoms with van der Waals surface area (Å²) in [5.41, 5.74) is 9.11. The molecule has 4 rings (SSSR count). The molecule has 0 radical (unpaired) electrons. The Balaban J connectivity index is 1.65. The predicted molar refractivity (Wildman–Crippen MR) is 127 cm³/mol. The Morgan fingerprint density at radius 1 is 1.24 bits per heavy atom. The Morgan fingerprint density at radius 2 is 2.00 bits per heavy atom. The van der Waals surface area contributed by atoms with Gasteiger partial charge in [-0.25, -0.2) is 9.97 Å². The normalized spacial score (nSPS) is 11.0. The maximum absolute atomic E-state index is 10.9. The highest BCUT2D eigenvalue weighted by atomic mass is 32.2. The molecule has 0 aliphatic carbocycles. The van der Waals surface area contributed by atoms with Gasteiger partial charge >= 0.3 is 5.97 Å². The second kappa shape index (κ2) is 9.22. The second-order valence-electron chi connectivity index (χ2n) is 7.55. The molecule has 0 saturated carbocycles. The van der Waals surface area contributed by atoms with Gasteiger partial charge in [0.2, 0.25) is 0 Å². The number of anilines is 1. The van der Waals surface area contributed by atoms with Crippen molar-refractivity contribution in [3.8, 4) is 28.7 Å². The van der Waals surface area contributed by atoms with Crippen molar-refractivity contribution in [3.63, 3.8) is 0 Å². The molecule has 0 aliphatic heterocycles. The van der Waals surface area contributed by atoms with E-state index in [1.54, 1.807) is 18.2 Å². The quantitative estimate of drug-likeness (QED) is 0.365. The largest absolute Gasteiger partial charge is 0.481 e. The second-order valence-corrected chi connectivity index (χ2v) is 8.57. The van der Waals surface area contributed by atoms with Gasteiger partial charge in [-0.1, -0.05) is 18.2 Å². The summed E-state index contributed by atoms with van der Waals surface area (Å²) in [6.45, 7) is 4.15. The lowest BCUT2D eigenvalue weighted by molar-refractivity contribution is -0.133. The van der Waals surface area contributed by atoms with Crippen molar-refractivity contribution in [1.29, 1.82) is 5.26 Å². The number of carbonyl (C=O) groups is 1. The predicted octanol–water partition coefficient (Wildman–Crippen LogP) is 5.10. The number of nitrogens with zero attached hydrogens (tertiary/aromatic N) is 4. The van der Waals surface area contributed by atoms with Crippen LogP contribution in [0.5, 0.6) is 11.5 Å². The SMILES string of the molecule is CC(C)n1cc(-c2ccc(Oc3cccc(SCC(=O)O)c3C#N)cc2)c2c(N)ncnc21. The van der Waals surface area contributed by atoms with E-state index in [1.165, 1.54) is 6.33 Å². The number of nitrogens with two attached hydrogens (primary N) is 1. The average molecular weight is 460 g/mol. The summed E-state index contributed by atoms with van der Waals surface area (Å²) in [4.78, 5) is 20.0. The van der Waals surface area contributed by atoms with Crippen LogP contribution in [0.3, 0.4) is 0 Å². The van der Waals surface area contributed by atoms with Crippen molar-refractivity contribution in [1.82, 2.24) is 14.5 Å². The van der Waals surface area contributed by atoms with Gasteiger partial charge in [-0.15, -0.1) is 11.8 Å². The molecule has 33 heavy (non-hydrogen) atoms. The van der Waals surface area contributed by atoms with E-state index in [9.17, 15) is 10.1 Å². The third kappa shape index (κ3) is 4.47. The lowest BCUT2D eigenvalue weighted by atomic mass is 10.1. The van der Waals surface area contributed by atoms with Crippen molar-refractivity contribution in [2.24, 2.45) is 0 Å². The summed E-state index contributed by atoms with van der Waals surface area (Å²) in [6, 6.07) is 14.9. The minimum Gasteiger partial charge on any atom is -0.481 e. The highest BCUT2D eigenvalue weighted by Gasteiger charge is 2.17. The van der Waals surface area contributed by atoms with E-state index in [0.29, 0.717) is 27.8 Å². The van der Waals surface area contributed by atoms with Crippen molar-refractivity contribution >= 4 is 34.6 Å². The Labute approximate surface area is 194 Å². The number of carboxylic acid groups (broad SMARTS) is 1. The number of carboxylic acids is 1. The van der Waals surface area contributed by atoms with E-state index >= 15 is 0 Å². The van der Waals surface area contributed by atoms with Crippen LogP contribution in [0.25, 0.3) is 22.2 Å². The van der Waals surface area contributed by atoms with E-state index < -0.39 is 5.97 Å². The first-order valence-corrected chi connectivity index (χ1v) is 11.1. The van der Waals surface area contributed by atoms with Crippen molar-refractivity contribution < 1.29 is 14.6 Å². The highest BCUT2D eigenvalue weighted by Crippen LogP contribution is 2.36. The molecule has 2 heterocycles. The zero-order chi connectivity index (χ0) is 23.5. The maximum Gasteiger partial charge on any atom is 0.313 e. The first kappa shape index (κ1) is 22.2.